The van der Waals surface area contributed by atoms with Crippen LogP contribution >= 0.6 is 0 Å². The molecule has 0 aliphatic carbocycles. The number of hydrogen-bond donors (Lipinski definition) is 0. The first-order valence-corrected chi connectivity index (χ1v) is 18.7. The van der Waals surface area contributed by atoms with Crippen molar-refractivity contribution in [3.8, 4) is 11.1 Å². The molecular weight excluding hydrogens is 719 g/mol. The van der Waals surface area contributed by atoms with E-state index in [1.54, 1.807) is 0 Å². The van der Waals surface area contributed by atoms with Crippen molar-refractivity contribution in [2.75, 3.05) is 4.90 Å². The summed E-state index contributed by atoms with van der Waals surface area (Å²) in [7, 11) is 0. The van der Waals surface area contributed by atoms with Crippen molar-refractivity contribution in [3.05, 3.63) is 210 Å². The van der Waals surface area contributed by atoms with Gasteiger partial charge in [0.2, 0.25) is 0 Å². The van der Waals surface area contributed by atoms with Gasteiger partial charge in [-0.25, -0.2) is 17.6 Å². The van der Waals surface area contributed by atoms with E-state index < -0.39 is 23.3 Å². The molecule has 3 nitrogen and oxygen atoms in total. The van der Waals surface area contributed by atoms with Gasteiger partial charge in [-0.2, -0.15) is 0 Å². The van der Waals surface area contributed by atoms with E-state index in [0.29, 0.717) is 11.1 Å². The fourth-order valence-electron chi connectivity index (χ4n) is 8.22. The Morgan fingerprint density at radius 3 is 1.26 bits per heavy atom. The summed E-state index contributed by atoms with van der Waals surface area (Å²) in [6, 6.07) is 55.0. The molecule has 0 atom stereocenters. The Morgan fingerprint density at radius 2 is 0.772 bits per heavy atom. The molecule has 2 heterocycles. The second-order valence-electron chi connectivity index (χ2n) is 14.3. The van der Waals surface area contributed by atoms with Crippen molar-refractivity contribution < 1.29 is 17.6 Å². The number of nitrogens with zero attached hydrogens (tertiary/aromatic N) is 3. The number of halogens is 4. The van der Waals surface area contributed by atoms with E-state index in [1.165, 1.54) is 24.3 Å². The molecule has 0 fully saturated rings. The van der Waals surface area contributed by atoms with E-state index in [2.05, 4.69) is 99.0 Å². The third-order valence-corrected chi connectivity index (χ3v) is 10.9. The third kappa shape index (κ3) is 6.08. The molecule has 0 spiro atoms. The van der Waals surface area contributed by atoms with Gasteiger partial charge in [0.1, 0.15) is 23.3 Å². The molecule has 0 aliphatic heterocycles. The van der Waals surface area contributed by atoms with Crippen molar-refractivity contribution in [2.45, 2.75) is 13.1 Å². The zero-order valence-corrected chi connectivity index (χ0v) is 30.5. The molecular formula is C50H33F4N3. The number of benzene rings is 8. The first-order chi connectivity index (χ1) is 27.9. The molecule has 0 bridgehead atoms. The molecule has 0 radical (unpaired) electrons. The van der Waals surface area contributed by atoms with Crippen LogP contribution in [0.1, 0.15) is 11.1 Å². The van der Waals surface area contributed by atoms with E-state index in [4.69, 9.17) is 0 Å². The zero-order chi connectivity index (χ0) is 38.6. The number of anilines is 3. The van der Waals surface area contributed by atoms with Gasteiger partial charge in [0.15, 0.2) is 0 Å². The number of fused-ring (bicyclic) bond motifs is 6. The van der Waals surface area contributed by atoms with Crippen molar-refractivity contribution in [1.82, 2.24) is 9.13 Å². The van der Waals surface area contributed by atoms with Crippen LogP contribution in [0, 0.1) is 23.3 Å². The number of para-hydroxylation sites is 2. The van der Waals surface area contributed by atoms with Crippen LogP contribution in [0.2, 0.25) is 0 Å². The molecule has 0 unspecified atom stereocenters. The second-order valence-corrected chi connectivity index (χ2v) is 14.3. The lowest BCUT2D eigenvalue weighted by Gasteiger charge is -2.26. The van der Waals surface area contributed by atoms with Crippen LogP contribution in [0.25, 0.3) is 54.7 Å². The average molecular weight is 752 g/mol. The molecule has 276 valence electrons. The van der Waals surface area contributed by atoms with Gasteiger partial charge in [-0.05, 0) is 83.9 Å². The summed E-state index contributed by atoms with van der Waals surface area (Å²) >= 11 is 0. The largest absolute Gasteiger partial charge is 0.336 e. The van der Waals surface area contributed by atoms with Gasteiger partial charge < -0.3 is 14.0 Å². The Bertz CT molecular complexity index is 2960. The number of aromatic nitrogens is 2. The molecule has 0 aliphatic rings. The first kappa shape index (κ1) is 34.4. The lowest BCUT2D eigenvalue weighted by molar-refractivity contribution is 0.568. The normalized spacial score (nSPS) is 11.6. The van der Waals surface area contributed by atoms with Gasteiger partial charge in [0, 0.05) is 83.9 Å². The van der Waals surface area contributed by atoms with Crippen LogP contribution in [-0.2, 0) is 13.1 Å². The van der Waals surface area contributed by atoms with Gasteiger partial charge in [-0.15, -0.1) is 0 Å². The summed E-state index contributed by atoms with van der Waals surface area (Å²) in [4.78, 5) is 2.23. The predicted octanol–water partition coefficient (Wildman–Crippen LogP) is 13.7. The fourth-order valence-corrected chi connectivity index (χ4v) is 8.22. The minimum Gasteiger partial charge on any atom is -0.336 e. The van der Waals surface area contributed by atoms with Crippen LogP contribution < -0.4 is 4.90 Å². The highest BCUT2D eigenvalue weighted by Gasteiger charge is 2.20. The lowest BCUT2D eigenvalue weighted by Crippen LogP contribution is -2.10. The summed E-state index contributed by atoms with van der Waals surface area (Å²) in [5, 5.41) is 4.02. The Labute approximate surface area is 325 Å². The maximum atomic E-state index is 15.0. The van der Waals surface area contributed by atoms with Gasteiger partial charge in [0.25, 0.3) is 0 Å². The van der Waals surface area contributed by atoms with E-state index in [-0.39, 0.29) is 13.1 Å². The molecule has 10 aromatic rings. The molecule has 7 heteroatoms. The molecule has 0 N–H and O–H groups in total. The second kappa shape index (κ2) is 13.9. The first-order valence-electron chi connectivity index (χ1n) is 18.7. The minimum absolute atomic E-state index is 0.239. The summed E-state index contributed by atoms with van der Waals surface area (Å²) in [5.41, 5.74) is 9.54. The van der Waals surface area contributed by atoms with Crippen molar-refractivity contribution in [1.29, 1.82) is 0 Å². The number of hydrogen-bond acceptors (Lipinski definition) is 1. The topological polar surface area (TPSA) is 13.1 Å². The Kier molecular flexibility index (Phi) is 8.37. The quantitative estimate of drug-likeness (QED) is 0.141. The summed E-state index contributed by atoms with van der Waals surface area (Å²) in [6.07, 6.45) is 0. The monoisotopic (exact) mass is 751 g/mol. The van der Waals surface area contributed by atoms with Gasteiger partial charge in [0.05, 0.1) is 13.1 Å². The lowest BCUT2D eigenvalue weighted by atomic mass is 10.0. The van der Waals surface area contributed by atoms with Crippen LogP contribution in [-0.4, -0.2) is 9.13 Å². The summed E-state index contributed by atoms with van der Waals surface area (Å²) in [5.74, 6) is -2.38. The van der Waals surface area contributed by atoms with E-state index in [1.807, 2.05) is 54.6 Å². The SMILES string of the molecule is Fc1ccc(Cn2c3ccccc3c3cc(N(c4ccc(-c5ccccc5)cc4)c4ccc5c(c4)c4ccccc4n5Cc4ccc(F)cc4F)ccc32)c(F)c1. The van der Waals surface area contributed by atoms with Crippen LogP contribution in [0.3, 0.4) is 0 Å². The van der Waals surface area contributed by atoms with Crippen molar-refractivity contribution in [2.24, 2.45) is 0 Å². The van der Waals surface area contributed by atoms with Crippen molar-refractivity contribution in [3.63, 3.8) is 0 Å². The number of rotatable bonds is 8. The van der Waals surface area contributed by atoms with Gasteiger partial charge in [-0.1, -0.05) is 91.0 Å². The van der Waals surface area contributed by atoms with E-state index in [0.717, 1.165) is 83.9 Å². The Morgan fingerprint density at radius 1 is 0.351 bits per heavy atom. The fraction of sp³-hybridized carbons (Fsp3) is 0.0400. The highest BCUT2D eigenvalue weighted by molar-refractivity contribution is 6.11. The average Bonchev–Trinajstić information content (AvgIpc) is 3.72. The molecule has 0 saturated carbocycles. The van der Waals surface area contributed by atoms with Gasteiger partial charge in [-0.3, -0.25) is 0 Å². The molecule has 0 saturated heterocycles. The van der Waals surface area contributed by atoms with Crippen molar-refractivity contribution >= 4 is 60.7 Å². The highest BCUT2D eigenvalue weighted by atomic mass is 19.1. The highest BCUT2D eigenvalue weighted by Crippen LogP contribution is 2.42. The Balaban J connectivity index is 1.15. The van der Waals surface area contributed by atoms with Crippen LogP contribution in [0.4, 0.5) is 34.6 Å². The summed E-state index contributed by atoms with van der Waals surface area (Å²) < 4.78 is 61.8. The molecule has 10 rings (SSSR count). The van der Waals surface area contributed by atoms with Gasteiger partial charge >= 0.3 is 0 Å². The molecule has 2 aromatic heterocycles. The van der Waals surface area contributed by atoms with E-state index >= 15 is 0 Å². The predicted molar refractivity (Wildman–Crippen MR) is 223 cm³/mol. The maximum absolute atomic E-state index is 15.0. The van der Waals surface area contributed by atoms with E-state index in [9.17, 15) is 17.6 Å². The zero-order valence-electron chi connectivity index (χ0n) is 30.5. The Hall–Kier alpha value is -7.12. The molecule has 57 heavy (non-hydrogen) atoms. The van der Waals surface area contributed by atoms with Crippen LogP contribution in [0.15, 0.2) is 176 Å². The smallest absolute Gasteiger partial charge is 0.131 e. The molecule has 0 amide bonds. The third-order valence-electron chi connectivity index (χ3n) is 10.9. The maximum Gasteiger partial charge on any atom is 0.131 e. The van der Waals surface area contributed by atoms with Crippen LogP contribution in [0.5, 0.6) is 0 Å². The minimum atomic E-state index is -0.607. The standard InChI is InChI=1S/C50H33F4N3/c51-36-18-14-34(45(53)26-36)30-55-47-12-6-4-10-41(47)43-28-39(22-24-49(43)55)57(38-20-16-33(17-21-38)32-8-2-1-3-9-32)40-23-25-50-44(29-40)42-11-5-7-13-48(42)56(50)31-35-15-19-37(52)27-46(35)54/h1-29H,30-31H2. The molecule has 8 aromatic carbocycles. The summed E-state index contributed by atoms with van der Waals surface area (Å²) in [6.45, 7) is 0.478.